The Hall–Kier alpha value is -0.980. The minimum Gasteiger partial charge on any atom is -0.507 e. The molecule has 1 rings (SSSR count). The number of phenolic OH excluding ortho intramolecular Hbond substituents is 1. The maximum atomic E-state index is 10.7. The topological polar surface area (TPSA) is 20.2 Å². The summed E-state index contributed by atoms with van der Waals surface area (Å²) in [4.78, 5) is 0. The Morgan fingerprint density at radius 2 is 0.857 bits per heavy atom. The number of phenols is 1. The van der Waals surface area contributed by atoms with Crippen molar-refractivity contribution in [1.82, 2.24) is 0 Å². The number of benzene rings is 1. The van der Waals surface area contributed by atoms with Crippen LogP contribution in [0.3, 0.4) is 0 Å². The molecule has 162 valence electrons. The molecule has 0 aliphatic heterocycles. The summed E-state index contributed by atoms with van der Waals surface area (Å²) in [7, 11) is 0. The predicted molar refractivity (Wildman–Crippen MR) is 125 cm³/mol. The Morgan fingerprint density at radius 3 is 1.21 bits per heavy atom. The molecule has 1 nitrogen and oxygen atoms in total. The van der Waals surface area contributed by atoms with Crippen LogP contribution in [0.2, 0.25) is 0 Å². The average molecular weight is 389 g/mol. The predicted octanol–water partition coefficient (Wildman–Crippen LogP) is 9.07. The summed E-state index contributed by atoms with van der Waals surface area (Å²) in [6.45, 7) is 6.72. The van der Waals surface area contributed by atoms with Crippen molar-refractivity contribution in [2.75, 3.05) is 0 Å². The summed E-state index contributed by atoms with van der Waals surface area (Å²) < 4.78 is 0. The van der Waals surface area contributed by atoms with Gasteiger partial charge in [-0.3, -0.25) is 0 Å². The van der Waals surface area contributed by atoms with Gasteiger partial charge in [-0.15, -0.1) is 0 Å². The largest absolute Gasteiger partial charge is 0.507 e. The molecular weight excluding hydrogens is 340 g/mol. The summed E-state index contributed by atoms with van der Waals surface area (Å²) in [6.07, 6.45) is 23.6. The quantitative estimate of drug-likeness (QED) is 0.249. The van der Waals surface area contributed by atoms with Crippen molar-refractivity contribution in [2.45, 2.75) is 136 Å². The van der Waals surface area contributed by atoms with Crippen LogP contribution in [0.4, 0.5) is 0 Å². The molecule has 1 heteroatoms. The van der Waals surface area contributed by atoms with Crippen LogP contribution in [-0.2, 0) is 12.8 Å². The van der Waals surface area contributed by atoms with Gasteiger partial charge in [0.2, 0.25) is 0 Å². The average Bonchev–Trinajstić information content (AvgIpc) is 2.69. The first kappa shape index (κ1) is 25.1. The Kier molecular flexibility index (Phi) is 15.1. The van der Waals surface area contributed by atoms with E-state index in [0.29, 0.717) is 5.75 Å². The number of rotatable bonds is 18. The zero-order chi connectivity index (χ0) is 20.5. The first-order valence-electron chi connectivity index (χ1n) is 12.5. The molecule has 1 aromatic carbocycles. The summed E-state index contributed by atoms with van der Waals surface area (Å²) in [5.74, 6) is 0.593. The molecule has 0 aliphatic carbocycles. The fourth-order valence-corrected chi connectivity index (χ4v) is 4.21. The molecule has 1 N–H and O–H groups in total. The van der Waals surface area contributed by atoms with Gasteiger partial charge in [-0.25, -0.2) is 0 Å². The van der Waals surface area contributed by atoms with Crippen molar-refractivity contribution in [1.29, 1.82) is 0 Å². The van der Waals surface area contributed by atoms with E-state index in [1.165, 1.54) is 119 Å². The van der Waals surface area contributed by atoms with E-state index in [2.05, 4.69) is 32.9 Å². The van der Waals surface area contributed by atoms with Crippen molar-refractivity contribution in [2.24, 2.45) is 0 Å². The fraction of sp³-hybridized carbons (Fsp3) is 0.778. The van der Waals surface area contributed by atoms with E-state index in [0.717, 1.165) is 12.8 Å². The number of unbranched alkanes of at least 4 members (excludes halogenated alkanes) is 14. The van der Waals surface area contributed by atoms with E-state index in [-0.39, 0.29) is 0 Å². The minimum atomic E-state index is 0.593. The molecule has 0 saturated heterocycles. The second-order valence-electron chi connectivity index (χ2n) is 8.88. The summed E-state index contributed by atoms with van der Waals surface area (Å²) in [5, 5.41) is 10.7. The van der Waals surface area contributed by atoms with Gasteiger partial charge in [0.15, 0.2) is 0 Å². The van der Waals surface area contributed by atoms with Gasteiger partial charge in [-0.05, 0) is 43.7 Å². The first-order chi connectivity index (χ1) is 13.7. The van der Waals surface area contributed by atoms with Gasteiger partial charge in [-0.2, -0.15) is 0 Å². The Labute approximate surface area is 176 Å². The van der Waals surface area contributed by atoms with Crippen LogP contribution in [0.25, 0.3) is 0 Å². The third-order valence-corrected chi connectivity index (χ3v) is 6.01. The first-order valence-corrected chi connectivity index (χ1v) is 12.5. The molecule has 0 bridgehead atoms. The molecule has 0 spiro atoms. The van der Waals surface area contributed by atoms with E-state index < -0.39 is 0 Å². The Bertz CT molecular complexity index is 491. The van der Waals surface area contributed by atoms with Crippen LogP contribution in [0, 0.1) is 6.92 Å². The van der Waals surface area contributed by atoms with E-state index >= 15 is 0 Å². The molecule has 28 heavy (non-hydrogen) atoms. The van der Waals surface area contributed by atoms with Crippen molar-refractivity contribution in [3.63, 3.8) is 0 Å². The molecule has 1 aromatic rings. The lowest BCUT2D eigenvalue weighted by molar-refractivity contribution is 0.456. The summed E-state index contributed by atoms with van der Waals surface area (Å²) >= 11 is 0. The van der Waals surface area contributed by atoms with E-state index in [1.54, 1.807) is 0 Å². The number of aryl methyl sites for hydroxylation is 3. The van der Waals surface area contributed by atoms with Crippen molar-refractivity contribution >= 4 is 0 Å². The molecule has 0 atom stereocenters. The highest BCUT2D eigenvalue weighted by atomic mass is 16.3. The van der Waals surface area contributed by atoms with Crippen LogP contribution in [-0.4, -0.2) is 5.11 Å². The highest BCUT2D eigenvalue weighted by Crippen LogP contribution is 2.28. The monoisotopic (exact) mass is 388 g/mol. The van der Waals surface area contributed by atoms with Gasteiger partial charge in [0.05, 0.1) is 0 Å². The fourth-order valence-electron chi connectivity index (χ4n) is 4.21. The second-order valence-corrected chi connectivity index (χ2v) is 8.88. The standard InChI is InChI=1S/C27H48O/c1-4-6-8-10-12-13-14-15-17-19-21-26-23-24(3)22-25(27(26)28)20-18-16-11-9-7-5-2/h22-23,28H,4-21H2,1-3H3. The van der Waals surface area contributed by atoms with Gasteiger partial charge in [-0.1, -0.05) is 121 Å². The minimum absolute atomic E-state index is 0.593. The molecule has 0 heterocycles. The number of aromatic hydroxyl groups is 1. The maximum Gasteiger partial charge on any atom is 0.121 e. The van der Waals surface area contributed by atoms with Gasteiger partial charge in [0.1, 0.15) is 5.75 Å². The van der Waals surface area contributed by atoms with E-state index in [1.807, 2.05) is 0 Å². The molecule has 0 aromatic heterocycles. The molecule has 0 amide bonds. The van der Waals surface area contributed by atoms with E-state index in [4.69, 9.17) is 0 Å². The highest BCUT2D eigenvalue weighted by Gasteiger charge is 2.09. The van der Waals surface area contributed by atoms with Crippen molar-refractivity contribution < 1.29 is 5.11 Å². The molecule has 0 radical (unpaired) electrons. The van der Waals surface area contributed by atoms with E-state index in [9.17, 15) is 5.11 Å². The number of hydrogen-bond acceptors (Lipinski definition) is 1. The molecule has 0 unspecified atom stereocenters. The zero-order valence-corrected chi connectivity index (χ0v) is 19.3. The van der Waals surface area contributed by atoms with Crippen LogP contribution in [0.15, 0.2) is 12.1 Å². The van der Waals surface area contributed by atoms with Gasteiger partial charge in [0, 0.05) is 0 Å². The van der Waals surface area contributed by atoms with Gasteiger partial charge < -0.3 is 5.11 Å². The van der Waals surface area contributed by atoms with Gasteiger partial charge in [0.25, 0.3) is 0 Å². The SMILES string of the molecule is CCCCCCCCCCCCc1cc(C)cc(CCCCCCCC)c1O. The lowest BCUT2D eigenvalue weighted by Crippen LogP contribution is -1.95. The van der Waals surface area contributed by atoms with Crippen molar-refractivity contribution in [3.05, 3.63) is 28.8 Å². The van der Waals surface area contributed by atoms with Crippen LogP contribution in [0.5, 0.6) is 5.75 Å². The van der Waals surface area contributed by atoms with Crippen molar-refractivity contribution in [3.8, 4) is 5.75 Å². The molecular formula is C27H48O. The van der Waals surface area contributed by atoms with Crippen LogP contribution < -0.4 is 0 Å². The van der Waals surface area contributed by atoms with Crippen LogP contribution >= 0.6 is 0 Å². The molecule has 0 aliphatic rings. The lowest BCUT2D eigenvalue weighted by atomic mass is 9.96. The second kappa shape index (κ2) is 16.9. The Balaban J connectivity index is 2.23. The van der Waals surface area contributed by atoms with Gasteiger partial charge >= 0.3 is 0 Å². The smallest absolute Gasteiger partial charge is 0.121 e. The summed E-state index contributed by atoms with van der Waals surface area (Å²) in [5.41, 5.74) is 3.67. The number of hydrogen-bond donors (Lipinski definition) is 1. The Morgan fingerprint density at radius 1 is 0.536 bits per heavy atom. The molecule has 0 fully saturated rings. The third kappa shape index (κ3) is 11.8. The lowest BCUT2D eigenvalue weighted by Gasteiger charge is -2.12. The maximum absolute atomic E-state index is 10.7. The van der Waals surface area contributed by atoms with Crippen LogP contribution in [0.1, 0.15) is 133 Å². The normalized spacial score (nSPS) is 11.2. The molecule has 0 saturated carbocycles. The third-order valence-electron chi connectivity index (χ3n) is 6.01. The summed E-state index contributed by atoms with van der Waals surface area (Å²) in [6, 6.07) is 4.40. The highest BCUT2D eigenvalue weighted by molar-refractivity contribution is 5.43. The zero-order valence-electron chi connectivity index (χ0n) is 19.3.